The third kappa shape index (κ3) is 3.94. The molecule has 2 unspecified atom stereocenters. The average molecular weight is 220 g/mol. The molecule has 0 aromatic carbocycles. The number of rotatable bonds is 4. The molecule has 0 aliphatic carbocycles. The molecule has 1 rings (SSSR count). The van der Waals surface area contributed by atoms with E-state index in [0.717, 1.165) is 19.5 Å². The first-order valence-electron chi connectivity index (χ1n) is 5.04. The summed E-state index contributed by atoms with van der Waals surface area (Å²) in [5, 5.41) is 0. The van der Waals surface area contributed by atoms with Crippen molar-refractivity contribution in [2.45, 2.75) is 19.4 Å². The van der Waals surface area contributed by atoms with Gasteiger partial charge in [-0.3, -0.25) is 0 Å². The number of hydrogen-bond acceptors (Lipinski definition) is 4. The molecule has 1 aliphatic rings. The van der Waals surface area contributed by atoms with E-state index in [1.807, 2.05) is 6.92 Å². The van der Waals surface area contributed by atoms with Crippen molar-refractivity contribution in [3.05, 3.63) is 0 Å². The van der Waals surface area contributed by atoms with Gasteiger partial charge in [-0.05, 0) is 25.8 Å². The Hall–Kier alpha value is -0.130. The summed E-state index contributed by atoms with van der Waals surface area (Å²) in [5.41, 5.74) is 5.80. The summed E-state index contributed by atoms with van der Waals surface area (Å²) in [6.07, 6.45) is 2.38. The lowest BCUT2D eigenvalue weighted by Crippen LogP contribution is -2.31. The molecular formula is C9H20N2O2S. The van der Waals surface area contributed by atoms with Crippen LogP contribution in [-0.2, 0) is 9.84 Å². The summed E-state index contributed by atoms with van der Waals surface area (Å²) in [6, 6.07) is 0.221. The van der Waals surface area contributed by atoms with Crippen molar-refractivity contribution in [2.24, 2.45) is 11.7 Å². The zero-order chi connectivity index (χ0) is 10.8. The zero-order valence-electron chi connectivity index (χ0n) is 8.94. The summed E-state index contributed by atoms with van der Waals surface area (Å²) in [7, 11) is -2.82. The van der Waals surface area contributed by atoms with Crippen LogP contribution in [0.3, 0.4) is 0 Å². The number of nitrogens with two attached hydrogens (primary N) is 1. The van der Waals surface area contributed by atoms with E-state index in [2.05, 4.69) is 4.90 Å². The first kappa shape index (κ1) is 11.9. The molecule has 2 N–H and O–H groups in total. The van der Waals surface area contributed by atoms with Gasteiger partial charge in [-0.2, -0.15) is 0 Å². The van der Waals surface area contributed by atoms with Crippen molar-refractivity contribution in [1.29, 1.82) is 0 Å². The summed E-state index contributed by atoms with van der Waals surface area (Å²) < 4.78 is 21.9. The van der Waals surface area contributed by atoms with Crippen molar-refractivity contribution in [1.82, 2.24) is 4.90 Å². The molecule has 84 valence electrons. The highest BCUT2D eigenvalue weighted by Gasteiger charge is 2.25. The van der Waals surface area contributed by atoms with Gasteiger partial charge in [0.05, 0.1) is 5.75 Å². The first-order valence-corrected chi connectivity index (χ1v) is 7.10. The molecule has 0 radical (unpaired) electrons. The van der Waals surface area contributed by atoms with Gasteiger partial charge < -0.3 is 10.6 Å². The second-order valence-electron chi connectivity index (χ2n) is 4.34. The highest BCUT2D eigenvalue weighted by molar-refractivity contribution is 7.90. The quantitative estimate of drug-likeness (QED) is 0.706. The predicted molar refractivity (Wildman–Crippen MR) is 57.9 cm³/mol. The predicted octanol–water partition coefficient (Wildman–Crippen LogP) is -0.300. The number of hydrogen-bond donors (Lipinski definition) is 1. The van der Waals surface area contributed by atoms with Gasteiger partial charge in [-0.25, -0.2) is 8.42 Å². The van der Waals surface area contributed by atoms with Gasteiger partial charge in [0.2, 0.25) is 0 Å². The van der Waals surface area contributed by atoms with Crippen LogP contribution in [0.5, 0.6) is 0 Å². The monoisotopic (exact) mass is 220 g/mol. The van der Waals surface area contributed by atoms with E-state index in [9.17, 15) is 8.42 Å². The van der Waals surface area contributed by atoms with Crippen LogP contribution in [0.25, 0.3) is 0 Å². The Morgan fingerprint density at radius 2 is 2.21 bits per heavy atom. The fourth-order valence-electron chi connectivity index (χ4n) is 1.79. The standard InChI is InChI=1S/C9H20N2O2S/c1-8(10)9-3-4-11(7-9)5-6-14(2,12)13/h8-9H,3-7,10H2,1-2H3. The number of likely N-dealkylation sites (tertiary alicyclic amines) is 1. The van der Waals surface area contributed by atoms with E-state index >= 15 is 0 Å². The van der Waals surface area contributed by atoms with Crippen LogP contribution < -0.4 is 5.73 Å². The highest BCUT2D eigenvalue weighted by atomic mass is 32.2. The van der Waals surface area contributed by atoms with Crippen LogP contribution in [0.15, 0.2) is 0 Å². The van der Waals surface area contributed by atoms with Crippen molar-refractivity contribution in [2.75, 3.05) is 31.6 Å². The molecular weight excluding hydrogens is 200 g/mol. The van der Waals surface area contributed by atoms with Crippen molar-refractivity contribution in [3.63, 3.8) is 0 Å². The van der Waals surface area contributed by atoms with E-state index in [-0.39, 0.29) is 11.8 Å². The van der Waals surface area contributed by atoms with Gasteiger partial charge in [0.1, 0.15) is 9.84 Å². The molecule has 1 saturated heterocycles. The van der Waals surface area contributed by atoms with Crippen LogP contribution in [0.4, 0.5) is 0 Å². The van der Waals surface area contributed by atoms with Crippen molar-refractivity contribution < 1.29 is 8.42 Å². The largest absolute Gasteiger partial charge is 0.328 e. The van der Waals surface area contributed by atoms with Gasteiger partial charge in [0.15, 0.2) is 0 Å². The Morgan fingerprint density at radius 3 is 2.64 bits per heavy atom. The van der Waals surface area contributed by atoms with Gasteiger partial charge in [0.25, 0.3) is 0 Å². The minimum Gasteiger partial charge on any atom is -0.328 e. The molecule has 0 aromatic rings. The highest BCUT2D eigenvalue weighted by Crippen LogP contribution is 2.18. The maximum Gasteiger partial charge on any atom is 0.148 e. The van der Waals surface area contributed by atoms with Crippen molar-refractivity contribution >= 4 is 9.84 Å². The fraction of sp³-hybridized carbons (Fsp3) is 1.00. The van der Waals surface area contributed by atoms with E-state index in [4.69, 9.17) is 5.73 Å². The van der Waals surface area contributed by atoms with E-state index in [1.165, 1.54) is 6.26 Å². The van der Waals surface area contributed by atoms with Crippen LogP contribution in [0.1, 0.15) is 13.3 Å². The minimum absolute atomic E-state index is 0.221. The molecule has 0 spiro atoms. The molecule has 0 bridgehead atoms. The van der Waals surface area contributed by atoms with Gasteiger partial charge in [0, 0.05) is 25.4 Å². The molecule has 14 heavy (non-hydrogen) atoms. The third-order valence-corrected chi connectivity index (χ3v) is 3.75. The van der Waals surface area contributed by atoms with Gasteiger partial charge in [-0.1, -0.05) is 0 Å². The molecule has 5 heteroatoms. The lowest BCUT2D eigenvalue weighted by Gasteiger charge is -2.17. The number of nitrogens with zero attached hydrogens (tertiary/aromatic N) is 1. The zero-order valence-corrected chi connectivity index (χ0v) is 9.76. The maximum atomic E-state index is 11.0. The van der Waals surface area contributed by atoms with Crippen molar-refractivity contribution in [3.8, 4) is 0 Å². The molecule has 0 saturated carbocycles. The van der Waals surface area contributed by atoms with Crippen LogP contribution in [0, 0.1) is 5.92 Å². The second-order valence-corrected chi connectivity index (χ2v) is 6.60. The molecule has 1 aliphatic heterocycles. The lowest BCUT2D eigenvalue weighted by atomic mass is 10.0. The van der Waals surface area contributed by atoms with E-state index < -0.39 is 9.84 Å². The SMILES string of the molecule is CC(N)C1CCN(CCS(C)(=O)=O)C1. The molecule has 0 amide bonds. The summed E-state index contributed by atoms with van der Waals surface area (Å²) in [5.74, 6) is 0.799. The Morgan fingerprint density at radius 1 is 1.57 bits per heavy atom. The van der Waals surface area contributed by atoms with E-state index in [1.54, 1.807) is 0 Å². The Balaban J connectivity index is 2.30. The minimum atomic E-state index is -2.82. The summed E-state index contributed by atoms with van der Waals surface area (Å²) >= 11 is 0. The van der Waals surface area contributed by atoms with Crippen LogP contribution in [0.2, 0.25) is 0 Å². The van der Waals surface area contributed by atoms with E-state index in [0.29, 0.717) is 12.5 Å². The Bertz CT molecular complexity index is 275. The molecule has 4 nitrogen and oxygen atoms in total. The first-order chi connectivity index (χ1) is 6.38. The normalized spacial score (nSPS) is 26.6. The maximum absolute atomic E-state index is 11.0. The topological polar surface area (TPSA) is 63.4 Å². The molecule has 2 atom stereocenters. The molecule has 1 heterocycles. The summed E-state index contributed by atoms with van der Waals surface area (Å²) in [6.45, 7) is 4.61. The third-order valence-electron chi connectivity index (χ3n) is 2.83. The lowest BCUT2D eigenvalue weighted by molar-refractivity contribution is 0.332. The van der Waals surface area contributed by atoms with Gasteiger partial charge >= 0.3 is 0 Å². The van der Waals surface area contributed by atoms with Crippen LogP contribution in [-0.4, -0.2) is 51.0 Å². The fourth-order valence-corrected chi connectivity index (χ4v) is 2.38. The van der Waals surface area contributed by atoms with Gasteiger partial charge in [-0.15, -0.1) is 0 Å². The summed E-state index contributed by atoms with van der Waals surface area (Å²) in [4.78, 5) is 2.19. The average Bonchev–Trinajstić information content (AvgIpc) is 2.47. The number of sulfone groups is 1. The van der Waals surface area contributed by atoms with Crippen LogP contribution >= 0.6 is 0 Å². The Labute approximate surface area is 86.4 Å². The smallest absolute Gasteiger partial charge is 0.148 e. The molecule has 1 fully saturated rings. The molecule has 0 aromatic heterocycles. The second kappa shape index (κ2) is 4.59. The Kier molecular flexibility index (Phi) is 3.92.